The predicted molar refractivity (Wildman–Crippen MR) is 68.1 cm³/mol. The summed E-state index contributed by atoms with van der Waals surface area (Å²) in [6.07, 6.45) is -2.53. The van der Waals surface area contributed by atoms with Gasteiger partial charge in [-0.2, -0.15) is 0 Å². The fourth-order valence-corrected chi connectivity index (χ4v) is 1.83. The van der Waals surface area contributed by atoms with Crippen LogP contribution in [0.5, 0.6) is 0 Å². The number of hydrogen-bond acceptors (Lipinski definition) is 3. The van der Waals surface area contributed by atoms with Crippen LogP contribution in [-0.4, -0.2) is 17.1 Å². The Morgan fingerprint density at radius 3 is 2.74 bits per heavy atom. The molecule has 0 radical (unpaired) electrons. The van der Waals surface area contributed by atoms with Crippen molar-refractivity contribution in [3.8, 4) is 11.4 Å². The van der Waals surface area contributed by atoms with Crippen molar-refractivity contribution in [3.05, 3.63) is 46.7 Å². The maximum Gasteiger partial charge on any atom is 0.263 e. The molecule has 0 bridgehead atoms. The Morgan fingerprint density at radius 1 is 1.26 bits per heavy atom. The Labute approximate surface area is 114 Å². The number of ether oxygens (including phenoxy) is 1. The molecule has 3 nitrogen and oxygen atoms in total. The van der Waals surface area contributed by atoms with Crippen LogP contribution >= 0.6 is 11.6 Å². The molecule has 0 atom stereocenters. The zero-order valence-corrected chi connectivity index (χ0v) is 10.9. The summed E-state index contributed by atoms with van der Waals surface area (Å²) >= 11 is 5.88. The highest BCUT2D eigenvalue weighted by atomic mass is 35.5. The summed E-state index contributed by atoms with van der Waals surface area (Å²) in [5.41, 5.74) is 1.02. The summed E-state index contributed by atoms with van der Waals surface area (Å²) < 4.78 is 30.3. The molecule has 0 saturated heterocycles. The number of alkyl halides is 2. The fourth-order valence-electron chi connectivity index (χ4n) is 1.63. The standard InChI is InChI=1S/C13H11ClF2N2O/c1-19-7-10-6-11(14)18-13(17-10)9-4-2-3-8(5-9)12(15)16/h2-6,12H,7H2,1H3. The third kappa shape index (κ3) is 3.45. The van der Waals surface area contributed by atoms with E-state index in [0.717, 1.165) is 0 Å². The smallest absolute Gasteiger partial charge is 0.263 e. The molecular weight excluding hydrogens is 274 g/mol. The third-order valence-corrected chi connectivity index (χ3v) is 2.63. The van der Waals surface area contributed by atoms with Gasteiger partial charge in [-0.1, -0.05) is 29.8 Å². The van der Waals surface area contributed by atoms with E-state index in [0.29, 0.717) is 17.1 Å². The van der Waals surface area contributed by atoms with Crippen molar-refractivity contribution in [3.63, 3.8) is 0 Å². The van der Waals surface area contributed by atoms with Crippen molar-refractivity contribution < 1.29 is 13.5 Å². The van der Waals surface area contributed by atoms with Gasteiger partial charge in [-0.3, -0.25) is 0 Å². The van der Waals surface area contributed by atoms with Crippen molar-refractivity contribution in [1.82, 2.24) is 9.97 Å². The molecule has 1 aromatic carbocycles. The van der Waals surface area contributed by atoms with Gasteiger partial charge in [0.1, 0.15) is 5.15 Å². The van der Waals surface area contributed by atoms with Crippen molar-refractivity contribution in [2.45, 2.75) is 13.0 Å². The molecule has 0 fully saturated rings. The van der Waals surface area contributed by atoms with Crippen molar-refractivity contribution in [2.24, 2.45) is 0 Å². The quantitative estimate of drug-likeness (QED) is 0.799. The monoisotopic (exact) mass is 284 g/mol. The second-order valence-electron chi connectivity index (χ2n) is 3.86. The minimum atomic E-state index is -2.53. The third-order valence-electron chi connectivity index (χ3n) is 2.44. The predicted octanol–water partition coefficient (Wildman–Crippen LogP) is 3.88. The minimum absolute atomic E-state index is 0.0747. The first-order valence-electron chi connectivity index (χ1n) is 5.51. The Morgan fingerprint density at radius 2 is 2.05 bits per heavy atom. The van der Waals surface area contributed by atoms with Gasteiger partial charge in [0.05, 0.1) is 12.3 Å². The van der Waals surface area contributed by atoms with Crippen LogP contribution in [0.4, 0.5) is 8.78 Å². The zero-order valence-electron chi connectivity index (χ0n) is 10.1. The van der Waals surface area contributed by atoms with E-state index in [9.17, 15) is 8.78 Å². The van der Waals surface area contributed by atoms with Crippen LogP contribution in [0.25, 0.3) is 11.4 Å². The van der Waals surface area contributed by atoms with E-state index in [1.165, 1.54) is 25.3 Å². The van der Waals surface area contributed by atoms with Gasteiger partial charge in [-0.15, -0.1) is 0 Å². The normalized spacial score (nSPS) is 11.0. The van der Waals surface area contributed by atoms with Crippen LogP contribution < -0.4 is 0 Å². The highest BCUT2D eigenvalue weighted by Gasteiger charge is 2.10. The molecule has 0 aliphatic carbocycles. The first-order chi connectivity index (χ1) is 9.10. The second-order valence-corrected chi connectivity index (χ2v) is 4.25. The van der Waals surface area contributed by atoms with Crippen LogP contribution in [0.3, 0.4) is 0 Å². The Hall–Kier alpha value is -1.59. The first-order valence-corrected chi connectivity index (χ1v) is 5.89. The molecule has 0 aliphatic rings. The van der Waals surface area contributed by atoms with Crippen LogP contribution in [-0.2, 0) is 11.3 Å². The number of aromatic nitrogens is 2. The van der Waals surface area contributed by atoms with Gasteiger partial charge in [0, 0.05) is 18.2 Å². The molecule has 100 valence electrons. The summed E-state index contributed by atoms with van der Waals surface area (Å²) in [6, 6.07) is 7.48. The maximum atomic E-state index is 12.7. The average molecular weight is 285 g/mol. The molecule has 1 heterocycles. The summed E-state index contributed by atoms with van der Waals surface area (Å²) in [5, 5.41) is 0.250. The first kappa shape index (κ1) is 13.8. The number of halogens is 3. The second kappa shape index (κ2) is 6.04. The molecule has 19 heavy (non-hydrogen) atoms. The molecule has 0 spiro atoms. The zero-order chi connectivity index (χ0) is 13.8. The average Bonchev–Trinajstić information content (AvgIpc) is 2.38. The summed E-state index contributed by atoms with van der Waals surface area (Å²) in [4.78, 5) is 8.27. The molecule has 0 saturated carbocycles. The number of hydrogen-bond donors (Lipinski definition) is 0. The van der Waals surface area contributed by atoms with Crippen molar-refractivity contribution in [2.75, 3.05) is 7.11 Å². The lowest BCUT2D eigenvalue weighted by atomic mass is 10.1. The lowest BCUT2D eigenvalue weighted by Crippen LogP contribution is -1.98. The van der Waals surface area contributed by atoms with Crippen LogP contribution in [0.1, 0.15) is 17.7 Å². The molecule has 6 heteroatoms. The van der Waals surface area contributed by atoms with Crippen LogP contribution in [0.15, 0.2) is 30.3 Å². The van der Waals surface area contributed by atoms with Gasteiger partial charge < -0.3 is 4.74 Å². The van der Waals surface area contributed by atoms with Crippen LogP contribution in [0, 0.1) is 0 Å². The Balaban J connectivity index is 2.43. The van der Waals surface area contributed by atoms with Gasteiger partial charge in [0.15, 0.2) is 5.82 Å². The topological polar surface area (TPSA) is 35.0 Å². The van der Waals surface area contributed by atoms with E-state index < -0.39 is 6.43 Å². The number of rotatable bonds is 4. The largest absolute Gasteiger partial charge is 0.378 e. The Bertz CT molecular complexity index is 578. The van der Waals surface area contributed by atoms with E-state index in [2.05, 4.69) is 9.97 Å². The molecule has 0 amide bonds. The van der Waals surface area contributed by atoms with E-state index in [1.54, 1.807) is 12.1 Å². The molecule has 1 aromatic heterocycles. The van der Waals surface area contributed by atoms with Crippen LogP contribution in [0.2, 0.25) is 5.15 Å². The summed E-state index contributed by atoms with van der Waals surface area (Å²) in [5.74, 6) is 0.307. The lowest BCUT2D eigenvalue weighted by Gasteiger charge is -2.06. The lowest BCUT2D eigenvalue weighted by molar-refractivity contribution is 0.151. The van der Waals surface area contributed by atoms with Gasteiger partial charge in [0.2, 0.25) is 0 Å². The van der Waals surface area contributed by atoms with Gasteiger partial charge in [-0.05, 0) is 12.1 Å². The highest BCUT2D eigenvalue weighted by Crippen LogP contribution is 2.24. The van der Waals surface area contributed by atoms with Gasteiger partial charge in [0.25, 0.3) is 6.43 Å². The molecule has 0 N–H and O–H groups in total. The minimum Gasteiger partial charge on any atom is -0.378 e. The van der Waals surface area contributed by atoms with E-state index >= 15 is 0 Å². The summed E-state index contributed by atoms with van der Waals surface area (Å²) in [7, 11) is 1.53. The number of benzene rings is 1. The fraction of sp³-hybridized carbons (Fsp3) is 0.231. The molecular formula is C13H11ClF2N2O. The van der Waals surface area contributed by atoms with Gasteiger partial charge in [-0.25, -0.2) is 18.7 Å². The molecule has 2 rings (SSSR count). The van der Waals surface area contributed by atoms with Gasteiger partial charge >= 0.3 is 0 Å². The van der Waals surface area contributed by atoms with E-state index in [4.69, 9.17) is 16.3 Å². The molecule has 0 unspecified atom stereocenters. The van der Waals surface area contributed by atoms with E-state index in [1.807, 2.05) is 0 Å². The molecule has 2 aromatic rings. The maximum absolute atomic E-state index is 12.7. The number of methoxy groups -OCH3 is 1. The van der Waals surface area contributed by atoms with Crippen molar-refractivity contribution in [1.29, 1.82) is 0 Å². The van der Waals surface area contributed by atoms with E-state index in [-0.39, 0.29) is 17.3 Å². The highest BCUT2D eigenvalue weighted by molar-refractivity contribution is 6.29. The summed E-state index contributed by atoms with van der Waals surface area (Å²) in [6.45, 7) is 0.282. The molecule has 0 aliphatic heterocycles. The SMILES string of the molecule is COCc1cc(Cl)nc(-c2cccc(C(F)F)c2)n1. The number of nitrogens with zero attached hydrogens (tertiary/aromatic N) is 2. The Kier molecular flexibility index (Phi) is 4.39. The van der Waals surface area contributed by atoms with Crippen molar-refractivity contribution >= 4 is 11.6 Å².